The summed E-state index contributed by atoms with van der Waals surface area (Å²) in [6, 6.07) is 17.2. The van der Waals surface area contributed by atoms with Gasteiger partial charge in [0.05, 0.1) is 12.8 Å². The van der Waals surface area contributed by atoms with Crippen molar-refractivity contribution in [3.05, 3.63) is 60.2 Å². The fraction of sp³-hybridized carbons (Fsp3) is 0.379. The largest absolute Gasteiger partial charge is 0.497 e. The Morgan fingerprint density at radius 3 is 2.49 bits per heavy atom. The molecule has 0 atom stereocenters. The molecule has 2 amide bonds. The quantitative estimate of drug-likeness (QED) is 0.437. The molecule has 2 aliphatic heterocycles. The number of aromatic nitrogens is 2. The number of carbonyl (C=O) groups excluding carboxylic acids is 2. The first-order chi connectivity index (χ1) is 18.9. The highest BCUT2D eigenvalue weighted by molar-refractivity contribution is 5.86. The summed E-state index contributed by atoms with van der Waals surface area (Å²) < 4.78 is 16.2. The van der Waals surface area contributed by atoms with E-state index >= 15 is 0 Å². The van der Waals surface area contributed by atoms with E-state index in [0.717, 1.165) is 28.4 Å². The summed E-state index contributed by atoms with van der Waals surface area (Å²) >= 11 is 0. The Bertz CT molecular complexity index is 1320. The second kappa shape index (κ2) is 11.6. The van der Waals surface area contributed by atoms with Crippen LogP contribution in [0.1, 0.15) is 19.4 Å². The van der Waals surface area contributed by atoms with Gasteiger partial charge in [-0.05, 0) is 42.0 Å². The molecule has 0 spiro atoms. The standard InChI is InChI=1S/C29H33N5O5/c1-20(2)29(36)34(17-21-7-9-25-26(15-21)39-19-38-25)18-28(35)33-13-11-32(12-14-33)27-10-8-24(30-31-27)22-5-4-6-23(16-22)37-3/h4-10,15-16,20H,11-14,17-19H2,1-3H3. The van der Waals surface area contributed by atoms with Gasteiger partial charge in [0.1, 0.15) is 12.3 Å². The summed E-state index contributed by atoms with van der Waals surface area (Å²) in [5.41, 5.74) is 2.59. The minimum Gasteiger partial charge on any atom is -0.497 e. The third kappa shape index (κ3) is 6.05. The average Bonchev–Trinajstić information content (AvgIpc) is 3.44. The summed E-state index contributed by atoms with van der Waals surface area (Å²) in [7, 11) is 1.64. The van der Waals surface area contributed by atoms with Gasteiger partial charge in [0, 0.05) is 44.2 Å². The van der Waals surface area contributed by atoms with Crippen molar-refractivity contribution in [2.24, 2.45) is 5.92 Å². The zero-order valence-corrected chi connectivity index (χ0v) is 22.5. The Morgan fingerprint density at radius 1 is 0.974 bits per heavy atom. The molecular weight excluding hydrogens is 498 g/mol. The van der Waals surface area contributed by atoms with Crippen molar-refractivity contribution in [1.29, 1.82) is 0 Å². The molecule has 0 unspecified atom stereocenters. The van der Waals surface area contributed by atoms with Crippen molar-refractivity contribution < 1.29 is 23.8 Å². The topological polar surface area (TPSA) is 97.3 Å². The lowest BCUT2D eigenvalue weighted by Crippen LogP contribution is -2.52. The molecule has 3 heterocycles. The molecule has 1 aromatic heterocycles. The highest BCUT2D eigenvalue weighted by Gasteiger charge is 2.27. The Labute approximate surface area is 228 Å². The van der Waals surface area contributed by atoms with Crippen LogP contribution in [0.4, 0.5) is 5.82 Å². The van der Waals surface area contributed by atoms with Crippen LogP contribution < -0.4 is 19.1 Å². The van der Waals surface area contributed by atoms with Crippen LogP contribution in [0.25, 0.3) is 11.3 Å². The lowest BCUT2D eigenvalue weighted by atomic mass is 10.1. The fourth-order valence-electron chi connectivity index (χ4n) is 4.72. The maximum atomic E-state index is 13.2. The van der Waals surface area contributed by atoms with E-state index in [0.29, 0.717) is 44.2 Å². The van der Waals surface area contributed by atoms with Crippen LogP contribution in [0.2, 0.25) is 0 Å². The van der Waals surface area contributed by atoms with E-state index in [2.05, 4.69) is 15.1 Å². The van der Waals surface area contributed by atoms with Crippen LogP contribution in [-0.2, 0) is 16.1 Å². The van der Waals surface area contributed by atoms with Crippen LogP contribution in [0, 0.1) is 5.92 Å². The zero-order chi connectivity index (χ0) is 27.4. The van der Waals surface area contributed by atoms with Gasteiger partial charge in [0.15, 0.2) is 17.3 Å². The molecule has 0 N–H and O–H groups in total. The normalized spacial score (nSPS) is 14.5. The first kappa shape index (κ1) is 26.3. The summed E-state index contributed by atoms with van der Waals surface area (Å²) in [4.78, 5) is 31.8. The van der Waals surface area contributed by atoms with E-state index < -0.39 is 0 Å². The van der Waals surface area contributed by atoms with E-state index in [9.17, 15) is 9.59 Å². The van der Waals surface area contributed by atoms with Crippen molar-refractivity contribution in [3.63, 3.8) is 0 Å². The molecule has 2 aliphatic rings. The summed E-state index contributed by atoms with van der Waals surface area (Å²) in [5.74, 6) is 2.54. The minimum atomic E-state index is -0.220. The number of rotatable bonds is 8. The number of piperazine rings is 1. The number of benzene rings is 2. The van der Waals surface area contributed by atoms with Crippen molar-refractivity contribution in [2.75, 3.05) is 51.5 Å². The van der Waals surface area contributed by atoms with Crippen molar-refractivity contribution in [2.45, 2.75) is 20.4 Å². The van der Waals surface area contributed by atoms with Gasteiger partial charge in [-0.1, -0.05) is 32.0 Å². The van der Waals surface area contributed by atoms with Gasteiger partial charge < -0.3 is 28.9 Å². The molecule has 3 aromatic rings. The van der Waals surface area contributed by atoms with Crippen LogP contribution in [0.15, 0.2) is 54.6 Å². The molecule has 39 heavy (non-hydrogen) atoms. The molecule has 5 rings (SSSR count). The minimum absolute atomic E-state index is 0.0283. The molecule has 0 saturated carbocycles. The lowest BCUT2D eigenvalue weighted by Gasteiger charge is -2.36. The second-order valence-electron chi connectivity index (χ2n) is 9.91. The third-order valence-electron chi connectivity index (χ3n) is 6.91. The van der Waals surface area contributed by atoms with Gasteiger partial charge in [0.2, 0.25) is 18.6 Å². The molecule has 204 valence electrons. The van der Waals surface area contributed by atoms with Crippen LogP contribution in [0.3, 0.4) is 0 Å². The number of amides is 2. The summed E-state index contributed by atoms with van der Waals surface area (Å²) in [5, 5.41) is 8.83. The van der Waals surface area contributed by atoms with E-state index in [4.69, 9.17) is 14.2 Å². The van der Waals surface area contributed by atoms with Gasteiger partial charge in [-0.25, -0.2) is 0 Å². The highest BCUT2D eigenvalue weighted by atomic mass is 16.7. The SMILES string of the molecule is COc1cccc(-c2ccc(N3CCN(C(=O)CN(Cc4ccc5c(c4)OCO5)C(=O)C(C)C)CC3)nn2)c1. The molecule has 10 nitrogen and oxygen atoms in total. The van der Waals surface area contributed by atoms with Crippen LogP contribution >= 0.6 is 0 Å². The first-order valence-electron chi connectivity index (χ1n) is 13.1. The van der Waals surface area contributed by atoms with E-state index in [-0.39, 0.29) is 31.1 Å². The molecule has 10 heteroatoms. The molecule has 0 aliphatic carbocycles. The Morgan fingerprint density at radius 2 is 1.77 bits per heavy atom. The maximum Gasteiger partial charge on any atom is 0.242 e. The molecule has 0 radical (unpaired) electrons. The van der Waals surface area contributed by atoms with Gasteiger partial charge in [0.25, 0.3) is 0 Å². The monoisotopic (exact) mass is 531 g/mol. The number of anilines is 1. The second-order valence-corrected chi connectivity index (χ2v) is 9.91. The lowest BCUT2D eigenvalue weighted by molar-refractivity contribution is -0.143. The van der Waals surface area contributed by atoms with Gasteiger partial charge in [-0.2, -0.15) is 0 Å². The fourth-order valence-corrected chi connectivity index (χ4v) is 4.72. The smallest absolute Gasteiger partial charge is 0.242 e. The Balaban J connectivity index is 1.18. The van der Waals surface area contributed by atoms with E-state index in [1.54, 1.807) is 12.0 Å². The van der Waals surface area contributed by atoms with Crippen LogP contribution in [0.5, 0.6) is 17.2 Å². The molecule has 0 bridgehead atoms. The molecule has 1 saturated heterocycles. The number of ether oxygens (including phenoxy) is 3. The number of hydrogen-bond donors (Lipinski definition) is 0. The van der Waals surface area contributed by atoms with Gasteiger partial charge in [-0.3, -0.25) is 9.59 Å². The maximum absolute atomic E-state index is 13.2. The van der Waals surface area contributed by atoms with E-state index in [1.807, 2.05) is 73.3 Å². The molecule has 2 aromatic carbocycles. The third-order valence-corrected chi connectivity index (χ3v) is 6.91. The number of fused-ring (bicyclic) bond motifs is 1. The average molecular weight is 532 g/mol. The number of hydrogen-bond acceptors (Lipinski definition) is 8. The predicted octanol–water partition coefficient (Wildman–Crippen LogP) is 3.21. The highest BCUT2D eigenvalue weighted by Crippen LogP contribution is 2.33. The molecule has 1 fully saturated rings. The van der Waals surface area contributed by atoms with Crippen molar-refractivity contribution >= 4 is 17.6 Å². The number of carbonyl (C=O) groups is 2. The number of nitrogens with zero attached hydrogens (tertiary/aromatic N) is 5. The predicted molar refractivity (Wildman–Crippen MR) is 146 cm³/mol. The number of methoxy groups -OCH3 is 1. The summed E-state index contributed by atoms with van der Waals surface area (Å²) in [6.07, 6.45) is 0. The Hall–Kier alpha value is -4.34. The van der Waals surface area contributed by atoms with E-state index in [1.165, 1.54) is 0 Å². The van der Waals surface area contributed by atoms with Crippen molar-refractivity contribution in [1.82, 2.24) is 20.0 Å². The van der Waals surface area contributed by atoms with Crippen molar-refractivity contribution in [3.8, 4) is 28.5 Å². The summed E-state index contributed by atoms with van der Waals surface area (Å²) in [6.45, 7) is 6.61. The molecular formula is C29H33N5O5. The Kier molecular flexibility index (Phi) is 7.81. The zero-order valence-electron chi connectivity index (χ0n) is 22.5. The van der Waals surface area contributed by atoms with Crippen LogP contribution in [-0.4, -0.2) is 78.4 Å². The first-order valence-corrected chi connectivity index (χ1v) is 13.1. The van der Waals surface area contributed by atoms with Gasteiger partial charge >= 0.3 is 0 Å². The van der Waals surface area contributed by atoms with Gasteiger partial charge in [-0.15, -0.1) is 10.2 Å².